The predicted octanol–water partition coefficient (Wildman–Crippen LogP) is 3.13. The van der Waals surface area contributed by atoms with E-state index in [9.17, 15) is 0 Å². The highest BCUT2D eigenvalue weighted by molar-refractivity contribution is 7.10. The Morgan fingerprint density at radius 2 is 2.33 bits per heavy atom. The Hall–Kier alpha value is -0.380. The van der Waals surface area contributed by atoms with Crippen molar-refractivity contribution >= 4 is 11.3 Å². The third kappa shape index (κ3) is 3.81. The Morgan fingerprint density at radius 3 is 3.06 bits per heavy atom. The summed E-state index contributed by atoms with van der Waals surface area (Å²) in [4.78, 5) is 4.20. The molecule has 0 saturated carbocycles. The molecule has 1 aromatic heterocycles. The monoisotopic (exact) mass is 266 g/mol. The van der Waals surface area contributed by atoms with Crippen molar-refractivity contribution in [1.29, 1.82) is 0 Å². The van der Waals surface area contributed by atoms with Crippen LogP contribution in [0.15, 0.2) is 11.4 Å². The van der Waals surface area contributed by atoms with Gasteiger partial charge in [0.2, 0.25) is 0 Å². The molecule has 1 aliphatic rings. The summed E-state index contributed by atoms with van der Waals surface area (Å²) in [6.07, 6.45) is 2.53. The van der Waals surface area contributed by atoms with Crippen LogP contribution in [0.3, 0.4) is 0 Å². The Bertz CT molecular complexity index is 359. The summed E-state index contributed by atoms with van der Waals surface area (Å²) in [6, 6.07) is 2.90. The molecule has 0 aliphatic carbocycles. The summed E-state index contributed by atoms with van der Waals surface area (Å²) in [5, 5.41) is 5.80. The number of hydrogen-bond acceptors (Lipinski definition) is 3. The van der Waals surface area contributed by atoms with Crippen LogP contribution in [-0.2, 0) is 13.0 Å². The van der Waals surface area contributed by atoms with Gasteiger partial charge in [0.05, 0.1) is 0 Å². The second kappa shape index (κ2) is 6.69. The fourth-order valence-corrected chi connectivity index (χ4v) is 3.67. The fourth-order valence-electron chi connectivity index (χ4n) is 2.65. The lowest BCUT2D eigenvalue weighted by Crippen LogP contribution is -2.30. The Kier molecular flexibility index (Phi) is 5.22. The molecule has 1 aliphatic heterocycles. The molecule has 102 valence electrons. The maximum Gasteiger partial charge on any atom is 0.0330 e. The van der Waals surface area contributed by atoms with Gasteiger partial charge in [0.15, 0.2) is 0 Å². The number of thiophene rings is 1. The summed E-state index contributed by atoms with van der Waals surface area (Å²) in [6.45, 7) is 11.6. The third-order valence-corrected chi connectivity index (χ3v) is 4.72. The maximum atomic E-state index is 3.57. The van der Waals surface area contributed by atoms with E-state index >= 15 is 0 Å². The number of rotatable bonds is 6. The molecule has 2 heterocycles. The van der Waals surface area contributed by atoms with Crippen molar-refractivity contribution in [3.05, 3.63) is 21.9 Å². The maximum absolute atomic E-state index is 3.57. The molecule has 2 rings (SSSR count). The van der Waals surface area contributed by atoms with Crippen LogP contribution in [0, 0.1) is 5.92 Å². The van der Waals surface area contributed by atoms with Gasteiger partial charge in [0.25, 0.3) is 0 Å². The van der Waals surface area contributed by atoms with E-state index in [-0.39, 0.29) is 0 Å². The van der Waals surface area contributed by atoms with E-state index in [0.717, 1.165) is 5.92 Å². The molecular weight excluding hydrogens is 240 g/mol. The summed E-state index contributed by atoms with van der Waals surface area (Å²) >= 11 is 1.92. The number of aryl methyl sites for hydroxylation is 1. The molecule has 0 aromatic carbocycles. The summed E-state index contributed by atoms with van der Waals surface area (Å²) < 4.78 is 0. The van der Waals surface area contributed by atoms with Crippen LogP contribution in [0.5, 0.6) is 0 Å². The van der Waals surface area contributed by atoms with E-state index in [2.05, 4.69) is 42.4 Å². The van der Waals surface area contributed by atoms with Crippen molar-refractivity contribution in [3.8, 4) is 0 Å². The van der Waals surface area contributed by atoms with Crippen LogP contribution in [0.25, 0.3) is 0 Å². The first kappa shape index (κ1) is 14.0. The summed E-state index contributed by atoms with van der Waals surface area (Å²) in [5.41, 5.74) is 1.55. The van der Waals surface area contributed by atoms with E-state index in [1.54, 1.807) is 10.4 Å². The van der Waals surface area contributed by atoms with Crippen molar-refractivity contribution in [3.63, 3.8) is 0 Å². The molecule has 1 saturated heterocycles. The molecule has 0 amide bonds. The number of hydrogen-bond donors (Lipinski definition) is 1. The van der Waals surface area contributed by atoms with Crippen LogP contribution in [0.1, 0.15) is 37.6 Å². The normalized spacial score (nSPS) is 21.0. The van der Waals surface area contributed by atoms with Gasteiger partial charge in [-0.3, -0.25) is 4.90 Å². The molecule has 18 heavy (non-hydrogen) atoms. The zero-order valence-electron chi connectivity index (χ0n) is 11.9. The van der Waals surface area contributed by atoms with Gasteiger partial charge < -0.3 is 5.32 Å². The highest BCUT2D eigenvalue weighted by Crippen LogP contribution is 2.23. The van der Waals surface area contributed by atoms with Crippen LogP contribution in [0.4, 0.5) is 0 Å². The van der Waals surface area contributed by atoms with Crippen molar-refractivity contribution in [2.45, 2.75) is 46.2 Å². The second-order valence-electron chi connectivity index (χ2n) is 5.68. The lowest BCUT2D eigenvalue weighted by Gasteiger charge is -2.17. The molecule has 1 atom stereocenters. The SMILES string of the molecule is CCc1ccsc1CN1CCC(CNC(C)C)C1. The van der Waals surface area contributed by atoms with Gasteiger partial charge in [0.1, 0.15) is 0 Å². The fraction of sp³-hybridized carbons (Fsp3) is 0.733. The quantitative estimate of drug-likeness (QED) is 0.851. The molecule has 1 aromatic rings. The zero-order chi connectivity index (χ0) is 13.0. The van der Waals surface area contributed by atoms with Gasteiger partial charge in [-0.1, -0.05) is 20.8 Å². The lowest BCUT2D eigenvalue weighted by atomic mass is 10.1. The molecule has 1 N–H and O–H groups in total. The molecule has 0 spiro atoms. The average Bonchev–Trinajstić information content (AvgIpc) is 2.96. The van der Waals surface area contributed by atoms with Crippen LogP contribution < -0.4 is 5.32 Å². The van der Waals surface area contributed by atoms with Gasteiger partial charge in [-0.05, 0) is 48.9 Å². The Labute approximate surface area is 115 Å². The van der Waals surface area contributed by atoms with Gasteiger partial charge in [-0.25, -0.2) is 0 Å². The topological polar surface area (TPSA) is 15.3 Å². The second-order valence-corrected chi connectivity index (χ2v) is 6.68. The Balaban J connectivity index is 1.79. The number of nitrogens with one attached hydrogen (secondary N) is 1. The molecule has 1 fully saturated rings. The summed E-state index contributed by atoms with van der Waals surface area (Å²) in [7, 11) is 0. The first-order valence-electron chi connectivity index (χ1n) is 7.20. The van der Waals surface area contributed by atoms with Gasteiger partial charge in [-0.2, -0.15) is 0 Å². The zero-order valence-corrected chi connectivity index (χ0v) is 12.7. The van der Waals surface area contributed by atoms with Crippen LogP contribution in [0.2, 0.25) is 0 Å². The number of likely N-dealkylation sites (tertiary alicyclic amines) is 1. The molecular formula is C15H26N2S. The van der Waals surface area contributed by atoms with E-state index in [4.69, 9.17) is 0 Å². The third-order valence-electron chi connectivity index (χ3n) is 3.77. The smallest absolute Gasteiger partial charge is 0.0330 e. The van der Waals surface area contributed by atoms with Gasteiger partial charge in [0, 0.05) is 24.0 Å². The van der Waals surface area contributed by atoms with Crippen molar-refractivity contribution in [2.24, 2.45) is 5.92 Å². The largest absolute Gasteiger partial charge is 0.314 e. The van der Waals surface area contributed by atoms with Crippen molar-refractivity contribution in [1.82, 2.24) is 10.2 Å². The van der Waals surface area contributed by atoms with Crippen LogP contribution >= 0.6 is 11.3 Å². The molecule has 0 radical (unpaired) electrons. The first-order valence-corrected chi connectivity index (χ1v) is 8.08. The minimum atomic E-state index is 0.614. The van der Waals surface area contributed by atoms with Gasteiger partial charge in [-0.15, -0.1) is 11.3 Å². The molecule has 2 nitrogen and oxygen atoms in total. The molecule has 1 unspecified atom stereocenters. The lowest BCUT2D eigenvalue weighted by molar-refractivity contribution is 0.314. The van der Waals surface area contributed by atoms with Crippen molar-refractivity contribution < 1.29 is 0 Å². The molecule has 0 bridgehead atoms. The first-order chi connectivity index (χ1) is 8.69. The minimum absolute atomic E-state index is 0.614. The van der Waals surface area contributed by atoms with Crippen LogP contribution in [-0.4, -0.2) is 30.6 Å². The van der Waals surface area contributed by atoms with E-state index in [1.807, 2.05) is 11.3 Å². The van der Waals surface area contributed by atoms with E-state index in [1.165, 1.54) is 39.0 Å². The number of nitrogens with zero attached hydrogens (tertiary/aromatic N) is 1. The van der Waals surface area contributed by atoms with E-state index in [0.29, 0.717) is 6.04 Å². The Morgan fingerprint density at radius 1 is 1.50 bits per heavy atom. The highest BCUT2D eigenvalue weighted by atomic mass is 32.1. The van der Waals surface area contributed by atoms with E-state index < -0.39 is 0 Å². The van der Waals surface area contributed by atoms with Gasteiger partial charge >= 0.3 is 0 Å². The predicted molar refractivity (Wildman–Crippen MR) is 80.2 cm³/mol. The molecule has 3 heteroatoms. The van der Waals surface area contributed by atoms with Crippen molar-refractivity contribution in [2.75, 3.05) is 19.6 Å². The summed E-state index contributed by atoms with van der Waals surface area (Å²) in [5.74, 6) is 0.845. The minimum Gasteiger partial charge on any atom is -0.314 e. The standard InChI is InChI=1S/C15H26N2S/c1-4-14-6-8-18-15(14)11-17-7-5-13(10-17)9-16-12(2)3/h6,8,12-13,16H,4-5,7,9-11H2,1-3H3. The highest BCUT2D eigenvalue weighted by Gasteiger charge is 2.23. The average molecular weight is 266 g/mol.